The van der Waals surface area contributed by atoms with Crippen LogP contribution in [0.1, 0.15) is 52.1 Å². The van der Waals surface area contributed by atoms with Crippen LogP contribution in [0.4, 0.5) is 0 Å². The maximum Gasteiger partial charge on any atom is 0.227 e. The van der Waals surface area contributed by atoms with Crippen LogP contribution in [0, 0.1) is 11.3 Å². The maximum atomic E-state index is 12.4. The molecule has 3 heteroatoms. The Morgan fingerprint density at radius 1 is 1.20 bits per heavy atom. The third kappa shape index (κ3) is 4.24. The van der Waals surface area contributed by atoms with E-state index in [0.29, 0.717) is 11.8 Å². The van der Waals surface area contributed by atoms with Gasteiger partial charge in [-0.3, -0.25) is 4.79 Å². The Labute approximate surface area is 127 Å². The molecule has 0 fully saturated rings. The van der Waals surface area contributed by atoms with E-state index in [0.717, 1.165) is 12.8 Å². The lowest BCUT2D eigenvalue weighted by molar-refractivity contribution is -0.129. The van der Waals surface area contributed by atoms with Crippen molar-refractivity contribution in [2.24, 2.45) is 11.3 Å². The van der Waals surface area contributed by atoms with E-state index >= 15 is 0 Å². The SMILES string of the molecule is CCC(CC)C(NC(=O)C(C)(C)CCl)c1ccccc1. The Morgan fingerprint density at radius 3 is 2.20 bits per heavy atom. The number of hydrogen-bond donors (Lipinski definition) is 1. The number of benzene rings is 1. The molecule has 1 N–H and O–H groups in total. The molecule has 2 nitrogen and oxygen atoms in total. The molecule has 0 aliphatic carbocycles. The van der Waals surface area contributed by atoms with Gasteiger partial charge in [0.05, 0.1) is 11.5 Å². The standard InChI is InChI=1S/C17H26ClNO/c1-5-13(6-2)15(14-10-8-7-9-11-14)19-16(20)17(3,4)12-18/h7-11,13,15H,5-6,12H2,1-4H3,(H,19,20). The van der Waals surface area contributed by atoms with Gasteiger partial charge in [-0.15, -0.1) is 11.6 Å². The van der Waals surface area contributed by atoms with Gasteiger partial charge in [-0.25, -0.2) is 0 Å². The Kier molecular flexibility index (Phi) is 6.54. The highest BCUT2D eigenvalue weighted by Crippen LogP contribution is 2.29. The summed E-state index contributed by atoms with van der Waals surface area (Å²) in [6, 6.07) is 10.3. The van der Waals surface area contributed by atoms with E-state index < -0.39 is 5.41 Å². The molecule has 1 amide bonds. The fourth-order valence-electron chi connectivity index (χ4n) is 2.29. The minimum atomic E-state index is -0.541. The fraction of sp³-hybridized carbons (Fsp3) is 0.588. The average molecular weight is 296 g/mol. The normalized spacial score (nSPS) is 13.3. The number of rotatable bonds is 7. The average Bonchev–Trinajstić information content (AvgIpc) is 2.48. The number of hydrogen-bond acceptors (Lipinski definition) is 1. The number of halogens is 1. The topological polar surface area (TPSA) is 29.1 Å². The van der Waals surface area contributed by atoms with Crippen LogP contribution in [0.2, 0.25) is 0 Å². The quantitative estimate of drug-likeness (QED) is 0.735. The fourth-order valence-corrected chi connectivity index (χ4v) is 2.41. The molecule has 0 saturated carbocycles. The van der Waals surface area contributed by atoms with Crippen LogP contribution >= 0.6 is 11.6 Å². The first-order chi connectivity index (χ1) is 9.46. The van der Waals surface area contributed by atoms with Crippen molar-refractivity contribution in [3.05, 3.63) is 35.9 Å². The molecule has 0 aliphatic heterocycles. The summed E-state index contributed by atoms with van der Waals surface area (Å²) in [6.07, 6.45) is 2.08. The molecule has 1 unspecified atom stereocenters. The van der Waals surface area contributed by atoms with Gasteiger partial charge in [0, 0.05) is 5.88 Å². The number of carbonyl (C=O) groups excluding carboxylic acids is 1. The summed E-state index contributed by atoms with van der Waals surface area (Å²) in [6.45, 7) is 8.10. The van der Waals surface area contributed by atoms with Crippen LogP contribution in [0.15, 0.2) is 30.3 Å². The van der Waals surface area contributed by atoms with Crippen molar-refractivity contribution in [2.45, 2.75) is 46.6 Å². The minimum absolute atomic E-state index is 0.0215. The molecule has 0 heterocycles. The van der Waals surface area contributed by atoms with E-state index in [4.69, 9.17) is 11.6 Å². The number of nitrogens with one attached hydrogen (secondary N) is 1. The molecule has 1 rings (SSSR count). The van der Waals surface area contributed by atoms with E-state index in [1.807, 2.05) is 32.0 Å². The summed E-state index contributed by atoms with van der Waals surface area (Å²) < 4.78 is 0. The van der Waals surface area contributed by atoms with Gasteiger partial charge >= 0.3 is 0 Å². The van der Waals surface area contributed by atoms with Crippen LogP contribution in [0.5, 0.6) is 0 Å². The van der Waals surface area contributed by atoms with Crippen molar-refractivity contribution in [1.29, 1.82) is 0 Å². The third-order valence-electron chi connectivity index (χ3n) is 3.91. The Balaban J connectivity index is 2.98. The lowest BCUT2D eigenvalue weighted by Crippen LogP contribution is -2.42. The second kappa shape index (κ2) is 7.68. The first-order valence-corrected chi connectivity index (χ1v) is 7.91. The zero-order valence-electron chi connectivity index (χ0n) is 12.9. The van der Waals surface area contributed by atoms with E-state index in [9.17, 15) is 4.79 Å². The van der Waals surface area contributed by atoms with Gasteiger partial charge in [0.2, 0.25) is 5.91 Å². The van der Waals surface area contributed by atoms with Gasteiger partial charge in [0.15, 0.2) is 0 Å². The van der Waals surface area contributed by atoms with Crippen molar-refractivity contribution in [1.82, 2.24) is 5.32 Å². The zero-order chi connectivity index (χ0) is 15.2. The van der Waals surface area contributed by atoms with Crippen molar-refractivity contribution in [3.63, 3.8) is 0 Å². The Hall–Kier alpha value is -1.02. The molecule has 0 radical (unpaired) electrons. The lowest BCUT2D eigenvalue weighted by Gasteiger charge is -2.30. The van der Waals surface area contributed by atoms with Gasteiger partial charge < -0.3 is 5.32 Å². The molecule has 1 atom stereocenters. The molecule has 0 aromatic heterocycles. The summed E-state index contributed by atoms with van der Waals surface area (Å²) in [7, 11) is 0. The van der Waals surface area contributed by atoms with Crippen molar-refractivity contribution in [3.8, 4) is 0 Å². The molecule has 0 spiro atoms. The second-order valence-electron chi connectivity index (χ2n) is 5.96. The van der Waals surface area contributed by atoms with Gasteiger partial charge in [-0.2, -0.15) is 0 Å². The van der Waals surface area contributed by atoms with Gasteiger partial charge in [0.1, 0.15) is 0 Å². The predicted molar refractivity (Wildman–Crippen MR) is 85.9 cm³/mol. The summed E-state index contributed by atoms with van der Waals surface area (Å²) in [4.78, 5) is 12.4. The minimum Gasteiger partial charge on any atom is -0.349 e. The van der Waals surface area contributed by atoms with E-state index in [1.54, 1.807) is 0 Å². The summed E-state index contributed by atoms with van der Waals surface area (Å²) in [5, 5.41) is 3.20. The van der Waals surface area contributed by atoms with E-state index in [1.165, 1.54) is 5.56 Å². The molecule has 0 saturated heterocycles. The smallest absolute Gasteiger partial charge is 0.227 e. The monoisotopic (exact) mass is 295 g/mol. The molecule has 1 aromatic rings. The van der Waals surface area contributed by atoms with Crippen LogP contribution < -0.4 is 5.32 Å². The molecule has 112 valence electrons. The highest BCUT2D eigenvalue weighted by molar-refractivity contribution is 6.19. The van der Waals surface area contributed by atoms with Gasteiger partial charge in [-0.1, -0.05) is 57.0 Å². The van der Waals surface area contributed by atoms with Crippen LogP contribution in [0.3, 0.4) is 0 Å². The zero-order valence-corrected chi connectivity index (χ0v) is 13.7. The summed E-state index contributed by atoms with van der Waals surface area (Å²) in [5.74, 6) is 0.782. The second-order valence-corrected chi connectivity index (χ2v) is 6.22. The number of alkyl halides is 1. The van der Waals surface area contributed by atoms with Crippen molar-refractivity contribution >= 4 is 17.5 Å². The highest BCUT2D eigenvalue weighted by Gasteiger charge is 2.30. The van der Waals surface area contributed by atoms with E-state index in [-0.39, 0.29) is 11.9 Å². The number of carbonyl (C=O) groups is 1. The molecule has 0 aliphatic rings. The predicted octanol–water partition coefficient (Wildman–Crippen LogP) is 4.55. The Morgan fingerprint density at radius 2 is 1.75 bits per heavy atom. The highest BCUT2D eigenvalue weighted by atomic mass is 35.5. The van der Waals surface area contributed by atoms with Crippen molar-refractivity contribution < 1.29 is 4.79 Å². The maximum absolute atomic E-state index is 12.4. The number of amides is 1. The van der Waals surface area contributed by atoms with E-state index in [2.05, 4.69) is 31.3 Å². The third-order valence-corrected chi connectivity index (χ3v) is 4.58. The molecule has 1 aromatic carbocycles. The summed E-state index contributed by atoms with van der Waals surface area (Å²) in [5.41, 5.74) is 0.626. The molecule has 20 heavy (non-hydrogen) atoms. The van der Waals surface area contributed by atoms with Crippen molar-refractivity contribution in [2.75, 3.05) is 5.88 Å². The first kappa shape index (κ1) is 17.0. The first-order valence-electron chi connectivity index (χ1n) is 7.38. The lowest BCUT2D eigenvalue weighted by atomic mass is 9.87. The largest absolute Gasteiger partial charge is 0.349 e. The molecule has 0 bridgehead atoms. The van der Waals surface area contributed by atoms with Crippen LogP contribution in [-0.4, -0.2) is 11.8 Å². The Bertz CT molecular complexity index is 412. The molecular formula is C17H26ClNO. The van der Waals surface area contributed by atoms with Crippen LogP contribution in [0.25, 0.3) is 0 Å². The van der Waals surface area contributed by atoms with Gasteiger partial charge in [-0.05, 0) is 25.3 Å². The summed E-state index contributed by atoms with van der Waals surface area (Å²) >= 11 is 5.90. The van der Waals surface area contributed by atoms with Gasteiger partial charge in [0.25, 0.3) is 0 Å². The van der Waals surface area contributed by atoms with Crippen LogP contribution in [-0.2, 0) is 4.79 Å². The molecular weight excluding hydrogens is 270 g/mol.